The molecule has 1 fully saturated rings. The van der Waals surface area contributed by atoms with Crippen LogP contribution in [0.1, 0.15) is 52.4 Å². The molecule has 3 nitrogen and oxygen atoms in total. The van der Waals surface area contributed by atoms with Gasteiger partial charge in [0.15, 0.2) is 0 Å². The van der Waals surface area contributed by atoms with Crippen molar-refractivity contribution in [1.82, 2.24) is 10.2 Å². The Bertz CT molecular complexity index is 210. The predicted octanol–water partition coefficient (Wildman–Crippen LogP) is 3.01. The van der Waals surface area contributed by atoms with Crippen molar-refractivity contribution in [1.29, 1.82) is 0 Å². The van der Waals surface area contributed by atoms with E-state index >= 15 is 0 Å². The quantitative estimate of drug-likeness (QED) is 0.785. The first-order valence-electron chi connectivity index (χ1n) is 6.61. The number of rotatable bonds is 4. The first-order valence-corrected chi connectivity index (χ1v) is 6.61. The third kappa shape index (κ3) is 4.86. The number of amides is 2. The lowest BCUT2D eigenvalue weighted by atomic mass is 9.96. The fourth-order valence-corrected chi connectivity index (χ4v) is 2.09. The lowest BCUT2D eigenvalue weighted by molar-refractivity contribution is 0.198. The largest absolute Gasteiger partial charge is 0.335 e. The summed E-state index contributed by atoms with van der Waals surface area (Å²) in [5, 5.41) is 3.13. The zero-order valence-corrected chi connectivity index (χ0v) is 11.0. The summed E-state index contributed by atoms with van der Waals surface area (Å²) in [7, 11) is 1.89. The molecule has 0 aromatic rings. The molecule has 94 valence electrons. The molecule has 1 rings (SSSR count). The third-order valence-corrected chi connectivity index (χ3v) is 3.32. The van der Waals surface area contributed by atoms with Gasteiger partial charge in [-0.25, -0.2) is 4.79 Å². The summed E-state index contributed by atoms with van der Waals surface area (Å²) in [6.45, 7) is 5.23. The van der Waals surface area contributed by atoms with E-state index in [4.69, 9.17) is 0 Å². The van der Waals surface area contributed by atoms with E-state index in [0.717, 1.165) is 25.8 Å². The number of hydrogen-bond donors (Lipinski definition) is 1. The fourth-order valence-electron chi connectivity index (χ4n) is 2.09. The van der Waals surface area contributed by atoms with Crippen molar-refractivity contribution in [3.05, 3.63) is 0 Å². The summed E-state index contributed by atoms with van der Waals surface area (Å²) >= 11 is 0. The van der Waals surface area contributed by atoms with Crippen molar-refractivity contribution >= 4 is 6.03 Å². The maximum Gasteiger partial charge on any atom is 0.317 e. The molecule has 1 aliphatic carbocycles. The zero-order valence-electron chi connectivity index (χ0n) is 11.0. The number of nitrogens with one attached hydrogen (secondary N) is 1. The number of nitrogens with zero attached hydrogens (tertiary/aromatic N) is 1. The van der Waals surface area contributed by atoms with Gasteiger partial charge in [-0.1, -0.05) is 33.1 Å². The second kappa shape index (κ2) is 6.77. The molecule has 0 heterocycles. The molecule has 0 bridgehead atoms. The summed E-state index contributed by atoms with van der Waals surface area (Å²) in [5.41, 5.74) is 0. The van der Waals surface area contributed by atoms with Crippen LogP contribution in [-0.2, 0) is 0 Å². The highest BCUT2D eigenvalue weighted by atomic mass is 16.2. The van der Waals surface area contributed by atoms with Gasteiger partial charge in [-0.15, -0.1) is 0 Å². The van der Waals surface area contributed by atoms with Crippen LogP contribution >= 0.6 is 0 Å². The average Bonchev–Trinajstić information content (AvgIpc) is 2.27. The fraction of sp³-hybridized carbons (Fsp3) is 0.923. The molecule has 2 amide bonds. The van der Waals surface area contributed by atoms with Gasteiger partial charge >= 0.3 is 6.03 Å². The maximum absolute atomic E-state index is 11.8. The van der Waals surface area contributed by atoms with Crippen LogP contribution in [0.5, 0.6) is 0 Å². The number of hydrogen-bond acceptors (Lipinski definition) is 1. The Balaban J connectivity index is 2.22. The summed E-state index contributed by atoms with van der Waals surface area (Å²) in [6.07, 6.45) is 7.25. The molecule has 0 aromatic heterocycles. The van der Waals surface area contributed by atoms with Crippen molar-refractivity contribution in [2.24, 2.45) is 5.92 Å². The topological polar surface area (TPSA) is 32.3 Å². The van der Waals surface area contributed by atoms with Crippen molar-refractivity contribution < 1.29 is 4.79 Å². The standard InChI is InChI=1S/C13H26N2O/c1-11(2)9-10-15(3)13(16)14-12-7-5-4-6-8-12/h11-12H,4-10H2,1-3H3,(H,14,16). The van der Waals surface area contributed by atoms with Crippen molar-refractivity contribution in [2.45, 2.75) is 58.4 Å². The molecule has 0 spiro atoms. The first kappa shape index (κ1) is 13.3. The lowest BCUT2D eigenvalue weighted by Gasteiger charge is -2.26. The predicted molar refractivity (Wildman–Crippen MR) is 67.5 cm³/mol. The van der Waals surface area contributed by atoms with Crippen LogP contribution in [0.15, 0.2) is 0 Å². The molecule has 0 atom stereocenters. The minimum atomic E-state index is 0.104. The molecule has 0 radical (unpaired) electrons. The monoisotopic (exact) mass is 226 g/mol. The Morgan fingerprint density at radius 2 is 1.94 bits per heavy atom. The minimum Gasteiger partial charge on any atom is -0.335 e. The Morgan fingerprint density at radius 3 is 2.50 bits per heavy atom. The molecule has 0 aliphatic heterocycles. The van der Waals surface area contributed by atoms with E-state index in [9.17, 15) is 4.79 Å². The van der Waals surface area contributed by atoms with E-state index in [-0.39, 0.29) is 6.03 Å². The normalized spacial score (nSPS) is 17.5. The van der Waals surface area contributed by atoms with Crippen LogP contribution in [0.2, 0.25) is 0 Å². The maximum atomic E-state index is 11.8. The van der Waals surface area contributed by atoms with Crippen LogP contribution in [0.3, 0.4) is 0 Å². The van der Waals surface area contributed by atoms with Crippen LogP contribution in [0.4, 0.5) is 4.79 Å². The van der Waals surface area contributed by atoms with E-state index in [0.29, 0.717) is 12.0 Å². The highest BCUT2D eigenvalue weighted by molar-refractivity contribution is 5.74. The molecular weight excluding hydrogens is 200 g/mol. The van der Waals surface area contributed by atoms with Gasteiger partial charge in [-0.3, -0.25) is 0 Å². The Kier molecular flexibility index (Phi) is 5.64. The first-order chi connectivity index (χ1) is 7.59. The average molecular weight is 226 g/mol. The molecule has 1 saturated carbocycles. The third-order valence-electron chi connectivity index (χ3n) is 3.32. The second-order valence-electron chi connectivity index (χ2n) is 5.39. The van der Waals surface area contributed by atoms with E-state index in [1.54, 1.807) is 0 Å². The highest BCUT2D eigenvalue weighted by Crippen LogP contribution is 2.17. The Morgan fingerprint density at radius 1 is 1.31 bits per heavy atom. The number of urea groups is 1. The van der Waals surface area contributed by atoms with Gasteiger partial charge in [0.1, 0.15) is 0 Å². The molecule has 1 N–H and O–H groups in total. The highest BCUT2D eigenvalue weighted by Gasteiger charge is 2.17. The van der Waals surface area contributed by atoms with Crippen LogP contribution < -0.4 is 5.32 Å². The number of carbonyl (C=O) groups is 1. The van der Waals surface area contributed by atoms with Crippen molar-refractivity contribution in [2.75, 3.05) is 13.6 Å². The Hall–Kier alpha value is -0.730. The molecule has 16 heavy (non-hydrogen) atoms. The summed E-state index contributed by atoms with van der Waals surface area (Å²) < 4.78 is 0. The van der Waals surface area contributed by atoms with Gasteiger partial charge in [-0.2, -0.15) is 0 Å². The van der Waals surface area contributed by atoms with Crippen LogP contribution in [0, 0.1) is 5.92 Å². The van der Waals surface area contributed by atoms with Crippen molar-refractivity contribution in [3.63, 3.8) is 0 Å². The SMILES string of the molecule is CC(C)CCN(C)C(=O)NC1CCCCC1. The smallest absolute Gasteiger partial charge is 0.317 e. The van der Waals surface area contributed by atoms with E-state index < -0.39 is 0 Å². The summed E-state index contributed by atoms with van der Waals surface area (Å²) in [6, 6.07) is 0.523. The van der Waals surface area contributed by atoms with E-state index in [1.165, 1.54) is 19.3 Å². The van der Waals surface area contributed by atoms with Crippen LogP contribution in [0.25, 0.3) is 0 Å². The van der Waals surface area contributed by atoms with E-state index in [2.05, 4.69) is 19.2 Å². The van der Waals surface area contributed by atoms with Crippen molar-refractivity contribution in [3.8, 4) is 0 Å². The molecular formula is C13H26N2O. The lowest BCUT2D eigenvalue weighted by Crippen LogP contribution is -2.44. The zero-order chi connectivity index (χ0) is 12.0. The van der Waals surface area contributed by atoms with Gasteiger partial charge in [-0.05, 0) is 25.2 Å². The Labute approximate surface area is 99.6 Å². The minimum absolute atomic E-state index is 0.104. The summed E-state index contributed by atoms with van der Waals surface area (Å²) in [4.78, 5) is 13.7. The van der Waals surface area contributed by atoms with Gasteiger partial charge in [0.05, 0.1) is 0 Å². The van der Waals surface area contributed by atoms with Gasteiger partial charge < -0.3 is 10.2 Å². The number of carbonyl (C=O) groups excluding carboxylic acids is 1. The summed E-state index contributed by atoms with van der Waals surface area (Å²) in [5.74, 6) is 0.657. The molecule has 0 unspecified atom stereocenters. The molecule has 1 aliphatic rings. The van der Waals surface area contributed by atoms with Gasteiger partial charge in [0.25, 0.3) is 0 Å². The van der Waals surface area contributed by atoms with Crippen LogP contribution in [-0.4, -0.2) is 30.6 Å². The molecule has 0 saturated heterocycles. The second-order valence-corrected chi connectivity index (χ2v) is 5.39. The van der Waals surface area contributed by atoms with Gasteiger partial charge in [0.2, 0.25) is 0 Å². The molecule has 0 aromatic carbocycles. The molecule has 3 heteroatoms. The van der Waals surface area contributed by atoms with Gasteiger partial charge in [0, 0.05) is 19.6 Å². The van der Waals surface area contributed by atoms with E-state index in [1.807, 2.05) is 11.9 Å².